The van der Waals surface area contributed by atoms with E-state index in [1.807, 2.05) is 0 Å². The summed E-state index contributed by atoms with van der Waals surface area (Å²) in [5, 5.41) is 5.43. The number of aryl methyl sites for hydroxylation is 2. The van der Waals surface area contributed by atoms with Gasteiger partial charge in [-0.15, -0.1) is 0 Å². The van der Waals surface area contributed by atoms with Crippen LogP contribution >= 0.6 is 0 Å². The molecule has 1 aromatic carbocycles. The van der Waals surface area contributed by atoms with E-state index in [0.717, 1.165) is 74.4 Å². The fourth-order valence-corrected chi connectivity index (χ4v) is 4.29. The van der Waals surface area contributed by atoms with Crippen LogP contribution in [0.2, 0.25) is 0 Å². The van der Waals surface area contributed by atoms with E-state index in [2.05, 4.69) is 24.9 Å². The quantitative estimate of drug-likeness (QED) is 0.670. The van der Waals surface area contributed by atoms with E-state index in [1.54, 1.807) is 16.8 Å². The molecule has 1 aliphatic heterocycles. The first-order valence-corrected chi connectivity index (χ1v) is 10.1. The first-order valence-electron chi connectivity index (χ1n) is 10.1. The molecule has 3 heterocycles. The molecular weight excluding hydrogens is 371 g/mol. The Labute approximate surface area is 167 Å². The lowest BCUT2D eigenvalue weighted by Gasteiger charge is -2.35. The molecule has 0 bridgehead atoms. The van der Waals surface area contributed by atoms with Gasteiger partial charge in [-0.05, 0) is 37.0 Å². The molecule has 3 aromatic rings. The lowest BCUT2D eigenvalue weighted by molar-refractivity contribution is 0.242. The first-order chi connectivity index (χ1) is 14.2. The van der Waals surface area contributed by atoms with Gasteiger partial charge in [0.1, 0.15) is 18.0 Å². The van der Waals surface area contributed by atoms with Crippen LogP contribution in [0, 0.1) is 5.82 Å². The summed E-state index contributed by atoms with van der Waals surface area (Å²) >= 11 is 0. The number of hydrogen-bond acceptors (Lipinski definition) is 6. The molecule has 29 heavy (non-hydrogen) atoms. The zero-order valence-corrected chi connectivity index (χ0v) is 16.2. The van der Waals surface area contributed by atoms with Gasteiger partial charge in [0.05, 0.1) is 17.8 Å². The monoisotopic (exact) mass is 394 g/mol. The minimum atomic E-state index is -0.289. The summed E-state index contributed by atoms with van der Waals surface area (Å²) in [5.74, 6) is 0.563. The number of halogens is 1. The van der Waals surface area contributed by atoms with E-state index < -0.39 is 0 Å². The van der Waals surface area contributed by atoms with E-state index in [0.29, 0.717) is 12.1 Å². The van der Waals surface area contributed by atoms with Gasteiger partial charge in [0, 0.05) is 50.2 Å². The molecule has 2 aliphatic rings. The number of piperazine rings is 1. The van der Waals surface area contributed by atoms with Gasteiger partial charge in [0.2, 0.25) is 0 Å². The summed E-state index contributed by atoms with van der Waals surface area (Å²) < 4.78 is 15.1. The van der Waals surface area contributed by atoms with Crippen molar-refractivity contribution in [3.05, 3.63) is 58.0 Å². The zero-order valence-electron chi connectivity index (χ0n) is 16.2. The van der Waals surface area contributed by atoms with Crippen LogP contribution in [0.3, 0.4) is 0 Å². The molecule has 0 radical (unpaired) electrons. The Balaban J connectivity index is 1.23. The van der Waals surface area contributed by atoms with E-state index in [1.165, 1.54) is 18.5 Å². The van der Waals surface area contributed by atoms with Crippen LogP contribution in [0.4, 0.5) is 10.2 Å². The van der Waals surface area contributed by atoms with Gasteiger partial charge < -0.3 is 4.90 Å². The molecule has 0 amide bonds. The number of rotatable bonds is 4. The highest BCUT2D eigenvalue weighted by atomic mass is 19.1. The maximum atomic E-state index is 13.5. The molecule has 1 fully saturated rings. The van der Waals surface area contributed by atoms with E-state index in [-0.39, 0.29) is 11.4 Å². The van der Waals surface area contributed by atoms with Gasteiger partial charge in [-0.25, -0.2) is 19.0 Å². The second kappa shape index (κ2) is 7.51. The van der Waals surface area contributed by atoms with Crippen LogP contribution in [0.1, 0.15) is 17.7 Å². The highest BCUT2D eigenvalue weighted by Crippen LogP contribution is 2.24. The molecule has 2 aromatic heterocycles. The second-order valence-electron chi connectivity index (χ2n) is 7.72. The average Bonchev–Trinajstić information content (AvgIpc) is 3.19. The van der Waals surface area contributed by atoms with Crippen molar-refractivity contribution in [2.45, 2.75) is 25.8 Å². The van der Waals surface area contributed by atoms with Crippen LogP contribution < -0.4 is 10.5 Å². The normalized spacial score (nSPS) is 17.1. The summed E-state index contributed by atoms with van der Waals surface area (Å²) in [4.78, 5) is 25.5. The van der Waals surface area contributed by atoms with E-state index in [4.69, 9.17) is 0 Å². The van der Waals surface area contributed by atoms with Crippen molar-refractivity contribution in [2.75, 3.05) is 37.6 Å². The first kappa shape index (κ1) is 18.2. The minimum absolute atomic E-state index is 0.00368. The van der Waals surface area contributed by atoms with Crippen LogP contribution in [0.15, 0.2) is 35.4 Å². The predicted octanol–water partition coefficient (Wildman–Crippen LogP) is 1.64. The topological polar surface area (TPSA) is 67.2 Å². The fourth-order valence-electron chi connectivity index (χ4n) is 4.29. The van der Waals surface area contributed by atoms with Crippen molar-refractivity contribution in [1.82, 2.24) is 24.6 Å². The molecule has 1 aliphatic carbocycles. The lowest BCUT2D eigenvalue weighted by Crippen LogP contribution is -2.48. The van der Waals surface area contributed by atoms with Crippen molar-refractivity contribution < 1.29 is 4.39 Å². The molecule has 150 valence electrons. The highest BCUT2D eigenvalue weighted by molar-refractivity contribution is 5.89. The third kappa shape index (κ3) is 3.60. The molecule has 5 rings (SSSR count). The Morgan fingerprint density at radius 2 is 1.86 bits per heavy atom. The Hall–Kier alpha value is -2.87. The lowest BCUT2D eigenvalue weighted by atomic mass is 10.2. The Kier molecular flexibility index (Phi) is 4.71. The van der Waals surface area contributed by atoms with Crippen molar-refractivity contribution >= 4 is 16.7 Å². The van der Waals surface area contributed by atoms with Gasteiger partial charge in [-0.1, -0.05) is 0 Å². The van der Waals surface area contributed by atoms with Gasteiger partial charge in [-0.3, -0.25) is 9.69 Å². The SMILES string of the molecule is O=c1cc2c(nn1CCN1CCN(c3ncnc4cc(F)ccc34)CC1)CCC2. The molecule has 0 N–H and O–H groups in total. The second-order valence-corrected chi connectivity index (χ2v) is 7.72. The standard InChI is InChI=1S/C21H23FN6O/c22-16-4-5-17-19(13-16)23-14-24-21(17)27-9-6-26(7-10-27)8-11-28-20(29)12-15-2-1-3-18(15)25-28/h4-5,12-14H,1-3,6-11H2. The number of hydrogen-bond donors (Lipinski definition) is 0. The number of nitrogens with zero attached hydrogens (tertiary/aromatic N) is 6. The fraction of sp³-hybridized carbons (Fsp3) is 0.429. The van der Waals surface area contributed by atoms with Gasteiger partial charge in [-0.2, -0.15) is 5.10 Å². The van der Waals surface area contributed by atoms with Crippen LogP contribution in [0.5, 0.6) is 0 Å². The summed E-state index contributed by atoms with van der Waals surface area (Å²) in [6.07, 6.45) is 4.54. The zero-order chi connectivity index (χ0) is 19.8. The maximum absolute atomic E-state index is 13.5. The smallest absolute Gasteiger partial charge is 0.267 e. The Morgan fingerprint density at radius 1 is 1.00 bits per heavy atom. The third-order valence-electron chi connectivity index (χ3n) is 5.90. The molecule has 0 saturated carbocycles. The Morgan fingerprint density at radius 3 is 2.72 bits per heavy atom. The molecule has 1 saturated heterocycles. The van der Waals surface area contributed by atoms with Crippen molar-refractivity contribution in [3.8, 4) is 0 Å². The molecule has 7 nitrogen and oxygen atoms in total. The predicted molar refractivity (Wildman–Crippen MR) is 109 cm³/mol. The van der Waals surface area contributed by atoms with E-state index in [9.17, 15) is 9.18 Å². The third-order valence-corrected chi connectivity index (χ3v) is 5.90. The molecular formula is C21H23FN6O. The van der Waals surface area contributed by atoms with Gasteiger partial charge >= 0.3 is 0 Å². The summed E-state index contributed by atoms with van der Waals surface area (Å²) in [6.45, 7) is 4.84. The van der Waals surface area contributed by atoms with Gasteiger partial charge in [0.25, 0.3) is 5.56 Å². The van der Waals surface area contributed by atoms with Crippen molar-refractivity contribution in [3.63, 3.8) is 0 Å². The largest absolute Gasteiger partial charge is 0.353 e. The average molecular weight is 394 g/mol. The number of benzene rings is 1. The number of anilines is 1. The van der Waals surface area contributed by atoms with Crippen LogP contribution in [-0.2, 0) is 19.4 Å². The highest BCUT2D eigenvalue weighted by Gasteiger charge is 2.21. The number of fused-ring (bicyclic) bond motifs is 2. The number of aromatic nitrogens is 4. The van der Waals surface area contributed by atoms with E-state index >= 15 is 0 Å². The molecule has 8 heteroatoms. The summed E-state index contributed by atoms with van der Waals surface area (Å²) in [6, 6.07) is 6.40. The van der Waals surface area contributed by atoms with Gasteiger partial charge in [0.15, 0.2) is 0 Å². The minimum Gasteiger partial charge on any atom is -0.353 e. The summed E-state index contributed by atoms with van der Waals surface area (Å²) in [7, 11) is 0. The van der Waals surface area contributed by atoms with Crippen LogP contribution in [0.25, 0.3) is 10.9 Å². The summed E-state index contributed by atoms with van der Waals surface area (Å²) in [5.41, 5.74) is 2.83. The molecule has 0 atom stereocenters. The van der Waals surface area contributed by atoms with Crippen molar-refractivity contribution in [1.29, 1.82) is 0 Å². The molecule has 0 unspecified atom stereocenters. The Bertz CT molecular complexity index is 1110. The molecule has 0 spiro atoms. The van der Waals surface area contributed by atoms with Crippen molar-refractivity contribution in [2.24, 2.45) is 0 Å². The van der Waals surface area contributed by atoms with Crippen LogP contribution in [-0.4, -0.2) is 57.4 Å². The maximum Gasteiger partial charge on any atom is 0.267 e.